The lowest BCUT2D eigenvalue weighted by Gasteiger charge is -2.19. The van der Waals surface area contributed by atoms with Gasteiger partial charge in [0.05, 0.1) is 18.8 Å². The number of hydrogen-bond donors (Lipinski definition) is 3. The molecule has 0 fully saturated rings. The fraction of sp³-hybridized carbons (Fsp3) is 0.766. The summed E-state index contributed by atoms with van der Waals surface area (Å²) in [5.41, 5.74) is 0. The molecule has 1 amide bonds. The van der Waals surface area contributed by atoms with Gasteiger partial charge in [-0.2, -0.15) is 0 Å². The van der Waals surface area contributed by atoms with Crippen molar-refractivity contribution in [3.05, 3.63) is 85.1 Å². The monoisotopic (exact) mass is 946 g/mol. The Morgan fingerprint density at radius 2 is 0.662 bits per heavy atom. The number of carbonyl (C=O) groups excluding carboxylic acids is 1. The molecule has 0 rings (SSSR count). The smallest absolute Gasteiger partial charge is 0.220 e. The Hall–Kier alpha value is -2.43. The average Bonchev–Trinajstić information content (AvgIpc) is 3.34. The minimum absolute atomic E-state index is 0.0712. The van der Waals surface area contributed by atoms with Gasteiger partial charge in [-0.1, -0.05) is 298 Å². The molecule has 0 aromatic rings. The maximum atomic E-state index is 12.5. The second kappa shape index (κ2) is 58.9. The van der Waals surface area contributed by atoms with Gasteiger partial charge in [-0.3, -0.25) is 4.79 Å². The van der Waals surface area contributed by atoms with Crippen molar-refractivity contribution in [2.45, 2.75) is 309 Å². The molecule has 3 N–H and O–H groups in total. The normalized spacial score (nSPS) is 13.4. The number of unbranched alkanes of at least 4 members (excludes halogenated alkanes) is 35. The van der Waals surface area contributed by atoms with Crippen LogP contribution >= 0.6 is 0 Å². The molecular weight excluding hydrogens is 831 g/mol. The van der Waals surface area contributed by atoms with Crippen molar-refractivity contribution >= 4 is 5.91 Å². The predicted molar refractivity (Wildman–Crippen MR) is 303 cm³/mol. The van der Waals surface area contributed by atoms with Crippen LogP contribution in [-0.4, -0.2) is 34.9 Å². The van der Waals surface area contributed by atoms with Crippen LogP contribution < -0.4 is 5.32 Å². The minimum atomic E-state index is -0.864. The Kier molecular flexibility index (Phi) is 56.8. The number of hydrogen-bond acceptors (Lipinski definition) is 3. The number of allylic oxidation sites excluding steroid dienone is 13. The largest absolute Gasteiger partial charge is 0.394 e. The zero-order chi connectivity index (χ0) is 49.2. The van der Waals surface area contributed by atoms with Crippen LogP contribution in [0.5, 0.6) is 0 Å². The number of aliphatic hydroxyl groups is 2. The molecule has 2 unspecified atom stereocenters. The summed E-state index contributed by atoms with van der Waals surface area (Å²) in [4.78, 5) is 12.5. The van der Waals surface area contributed by atoms with Gasteiger partial charge in [0.1, 0.15) is 0 Å². The summed E-state index contributed by atoms with van der Waals surface area (Å²) in [6.45, 7) is 4.20. The van der Waals surface area contributed by atoms with Crippen molar-refractivity contribution in [3.8, 4) is 0 Å². The van der Waals surface area contributed by atoms with E-state index in [2.05, 4.69) is 92.1 Å². The van der Waals surface area contributed by atoms with Crippen LogP contribution in [0.4, 0.5) is 0 Å². The molecule has 0 heterocycles. The molecule has 0 bridgehead atoms. The zero-order valence-electron chi connectivity index (χ0n) is 45.4. The maximum absolute atomic E-state index is 12.5. The van der Waals surface area contributed by atoms with Gasteiger partial charge >= 0.3 is 0 Å². The SMILES string of the molecule is CC/C=C\C/C=C\C/C=C\C/C=C\C/C=C\CCCCCCCCCCCCCCCCCCCCCCCC(=O)NC(CO)C(O)/C=C/CC/C=C/CCCCCCCCCCCCCCC. The van der Waals surface area contributed by atoms with E-state index in [-0.39, 0.29) is 12.5 Å². The first-order chi connectivity index (χ1) is 33.7. The molecule has 0 aliphatic rings. The number of carbonyl (C=O) groups is 1. The molecule has 68 heavy (non-hydrogen) atoms. The molecule has 0 aliphatic carbocycles. The molecule has 0 saturated carbocycles. The van der Waals surface area contributed by atoms with Gasteiger partial charge < -0.3 is 15.5 Å². The lowest BCUT2D eigenvalue weighted by atomic mass is 10.0. The first-order valence-electron chi connectivity index (χ1n) is 29.8. The molecule has 4 nitrogen and oxygen atoms in total. The molecule has 0 saturated heterocycles. The van der Waals surface area contributed by atoms with Crippen molar-refractivity contribution in [3.63, 3.8) is 0 Å². The lowest BCUT2D eigenvalue weighted by Crippen LogP contribution is -2.45. The highest BCUT2D eigenvalue weighted by molar-refractivity contribution is 5.76. The van der Waals surface area contributed by atoms with Crippen LogP contribution in [0.1, 0.15) is 296 Å². The summed E-state index contributed by atoms with van der Waals surface area (Å²) in [6, 6.07) is -0.641. The first kappa shape index (κ1) is 65.6. The van der Waals surface area contributed by atoms with E-state index in [9.17, 15) is 15.0 Å². The maximum Gasteiger partial charge on any atom is 0.220 e. The Bertz CT molecular complexity index is 1210. The lowest BCUT2D eigenvalue weighted by molar-refractivity contribution is -0.123. The molecule has 2 atom stereocenters. The average molecular weight is 947 g/mol. The highest BCUT2D eigenvalue weighted by Gasteiger charge is 2.18. The highest BCUT2D eigenvalue weighted by Crippen LogP contribution is 2.17. The fourth-order valence-electron chi connectivity index (χ4n) is 8.87. The van der Waals surface area contributed by atoms with Gasteiger partial charge in [0, 0.05) is 6.42 Å². The third-order valence-electron chi connectivity index (χ3n) is 13.4. The van der Waals surface area contributed by atoms with Gasteiger partial charge in [-0.15, -0.1) is 0 Å². The fourth-order valence-corrected chi connectivity index (χ4v) is 8.87. The van der Waals surface area contributed by atoms with Crippen molar-refractivity contribution < 1.29 is 15.0 Å². The standard InChI is InChI=1S/C64H115NO3/c1-3-5-7-9-11-13-15-17-19-21-23-24-25-26-27-28-29-30-31-32-33-34-35-36-37-38-39-40-42-44-46-48-50-52-54-56-58-60-64(68)65-62(61-66)63(67)59-57-55-53-51-49-47-45-43-41-22-20-18-16-14-12-10-8-6-4-2/h5,7,11,13,17,19,23-24,26-27,49,51,57,59,62-63,66-67H,3-4,6,8-10,12,14-16,18,20-22,25,28-48,50,52-56,58,60-61H2,1-2H3,(H,65,68)/b7-5-,13-11-,19-17-,24-23-,27-26-,51-49+,59-57+. The van der Waals surface area contributed by atoms with Crippen LogP contribution in [-0.2, 0) is 4.79 Å². The van der Waals surface area contributed by atoms with Crippen molar-refractivity contribution in [2.24, 2.45) is 0 Å². The Balaban J connectivity index is 3.48. The van der Waals surface area contributed by atoms with Gasteiger partial charge in [0.25, 0.3) is 0 Å². The van der Waals surface area contributed by atoms with Crippen molar-refractivity contribution in [1.29, 1.82) is 0 Å². The van der Waals surface area contributed by atoms with E-state index >= 15 is 0 Å². The van der Waals surface area contributed by atoms with Gasteiger partial charge in [0.2, 0.25) is 5.91 Å². The molecule has 0 spiro atoms. The van der Waals surface area contributed by atoms with Crippen LogP contribution in [0.25, 0.3) is 0 Å². The summed E-state index contributed by atoms with van der Waals surface area (Å²) in [7, 11) is 0. The number of nitrogens with one attached hydrogen (secondary N) is 1. The molecule has 0 aromatic heterocycles. The second-order valence-electron chi connectivity index (χ2n) is 20.0. The summed E-state index contributed by atoms with van der Waals surface area (Å²) < 4.78 is 0. The molecule has 394 valence electrons. The van der Waals surface area contributed by atoms with E-state index in [1.165, 1.54) is 212 Å². The summed E-state index contributed by atoms with van der Waals surface area (Å²) in [6.07, 6.45) is 86.2. The second-order valence-corrected chi connectivity index (χ2v) is 20.0. The third kappa shape index (κ3) is 54.5. The number of aliphatic hydroxyl groups excluding tert-OH is 2. The topological polar surface area (TPSA) is 69.6 Å². The van der Waals surface area contributed by atoms with E-state index in [1.807, 2.05) is 6.08 Å². The summed E-state index contributed by atoms with van der Waals surface area (Å²) >= 11 is 0. The molecule has 0 aromatic carbocycles. The molecule has 0 radical (unpaired) electrons. The van der Waals surface area contributed by atoms with Crippen LogP contribution in [0.15, 0.2) is 85.1 Å². The minimum Gasteiger partial charge on any atom is -0.394 e. The van der Waals surface area contributed by atoms with E-state index < -0.39 is 12.1 Å². The Labute approximate surface area is 424 Å². The highest BCUT2D eigenvalue weighted by atomic mass is 16.3. The molecular formula is C64H115NO3. The van der Waals surface area contributed by atoms with Crippen LogP contribution in [0, 0.1) is 0 Å². The van der Waals surface area contributed by atoms with Crippen molar-refractivity contribution in [2.75, 3.05) is 6.61 Å². The van der Waals surface area contributed by atoms with Gasteiger partial charge in [-0.25, -0.2) is 0 Å². The molecule has 0 aliphatic heterocycles. The summed E-state index contributed by atoms with van der Waals surface area (Å²) in [5.74, 6) is -0.0712. The number of rotatable bonds is 54. The first-order valence-corrected chi connectivity index (χ1v) is 29.8. The van der Waals surface area contributed by atoms with Crippen LogP contribution in [0.3, 0.4) is 0 Å². The van der Waals surface area contributed by atoms with Gasteiger partial charge in [0.15, 0.2) is 0 Å². The predicted octanol–water partition coefficient (Wildman–Crippen LogP) is 19.9. The quantitative estimate of drug-likeness (QED) is 0.0420. The zero-order valence-corrected chi connectivity index (χ0v) is 45.4. The van der Waals surface area contributed by atoms with Crippen LogP contribution in [0.2, 0.25) is 0 Å². The Morgan fingerprint density at radius 1 is 0.368 bits per heavy atom. The van der Waals surface area contributed by atoms with E-state index in [0.29, 0.717) is 6.42 Å². The molecule has 4 heteroatoms. The third-order valence-corrected chi connectivity index (χ3v) is 13.4. The van der Waals surface area contributed by atoms with Gasteiger partial charge in [-0.05, 0) is 77.0 Å². The summed E-state index contributed by atoms with van der Waals surface area (Å²) in [5, 5.41) is 23.2. The van der Waals surface area contributed by atoms with E-state index in [1.54, 1.807) is 6.08 Å². The van der Waals surface area contributed by atoms with E-state index in [0.717, 1.165) is 64.2 Å². The number of amides is 1. The van der Waals surface area contributed by atoms with E-state index in [4.69, 9.17) is 0 Å². The van der Waals surface area contributed by atoms with Crippen molar-refractivity contribution in [1.82, 2.24) is 5.32 Å². The Morgan fingerprint density at radius 3 is 1.03 bits per heavy atom.